The molecule has 6 heteroatoms. The maximum Gasteiger partial charge on any atom is 0.182 e. The monoisotopic (exact) mass is 413 g/mol. The summed E-state index contributed by atoms with van der Waals surface area (Å²) in [7, 11) is 0. The molecule has 0 spiro atoms. The van der Waals surface area contributed by atoms with Gasteiger partial charge in [0.2, 0.25) is 0 Å². The van der Waals surface area contributed by atoms with Crippen molar-refractivity contribution in [3.8, 4) is 5.75 Å². The van der Waals surface area contributed by atoms with Crippen LogP contribution >= 0.6 is 0 Å². The number of aliphatic imine (C=N–C) groups is 1. The van der Waals surface area contributed by atoms with Crippen molar-refractivity contribution in [2.24, 2.45) is 4.99 Å². The van der Waals surface area contributed by atoms with Crippen LogP contribution in [-0.2, 0) is 13.0 Å². The van der Waals surface area contributed by atoms with Gasteiger partial charge in [-0.1, -0.05) is 30.3 Å². The second-order valence-corrected chi connectivity index (χ2v) is 7.69. The van der Waals surface area contributed by atoms with E-state index >= 15 is 0 Å². The zero-order valence-corrected chi connectivity index (χ0v) is 17.5. The molecule has 158 valence electrons. The fourth-order valence-electron chi connectivity index (χ4n) is 3.47. The molecule has 1 aliphatic heterocycles. The topological polar surface area (TPSA) is 81.6 Å². The molecule has 6 nitrogen and oxygen atoms in total. The van der Waals surface area contributed by atoms with Crippen LogP contribution in [0.1, 0.15) is 23.6 Å². The minimum Gasteiger partial charge on any atom is -0.508 e. The van der Waals surface area contributed by atoms with Gasteiger partial charge in [0.05, 0.1) is 11.4 Å². The van der Waals surface area contributed by atoms with E-state index in [1.807, 2.05) is 49.7 Å². The van der Waals surface area contributed by atoms with E-state index in [2.05, 4.69) is 45.2 Å². The second-order valence-electron chi connectivity index (χ2n) is 7.69. The number of aromatic nitrogens is 1. The van der Waals surface area contributed by atoms with Crippen LogP contribution in [0.5, 0.6) is 5.75 Å². The van der Waals surface area contributed by atoms with Gasteiger partial charge in [-0.2, -0.15) is 0 Å². The lowest BCUT2D eigenvalue weighted by atomic mass is 10.0. The first-order valence-electron chi connectivity index (χ1n) is 10.4. The largest absolute Gasteiger partial charge is 0.508 e. The Bertz CT molecular complexity index is 1060. The third-order valence-electron chi connectivity index (χ3n) is 5.15. The Morgan fingerprint density at radius 3 is 2.71 bits per heavy atom. The maximum atomic E-state index is 9.42. The van der Waals surface area contributed by atoms with Gasteiger partial charge in [-0.3, -0.25) is 10.3 Å². The van der Waals surface area contributed by atoms with Crippen molar-refractivity contribution in [1.29, 1.82) is 0 Å². The summed E-state index contributed by atoms with van der Waals surface area (Å²) in [6, 6.07) is 19.6. The van der Waals surface area contributed by atoms with E-state index in [1.165, 1.54) is 11.1 Å². The van der Waals surface area contributed by atoms with Gasteiger partial charge in [-0.05, 0) is 60.9 Å². The zero-order chi connectivity index (χ0) is 21.5. The molecule has 0 aliphatic carbocycles. The number of allylic oxidation sites excluding steroid dienone is 1. The van der Waals surface area contributed by atoms with E-state index in [0.29, 0.717) is 0 Å². The van der Waals surface area contributed by atoms with Crippen molar-refractivity contribution >= 4 is 11.4 Å². The standard InChI is InChI=1S/C25H27N5O/c1-25(28-14-11-19-7-9-23(31)10-8-19)29-15-12-24(30-25)21-5-2-4-20(16-21)17-27-22-6-3-13-26-18-22/h2-10,12-13,15-16,18,27-29,31H,11,14,17H2,1H3. The first kappa shape index (κ1) is 20.6. The molecule has 1 aromatic heterocycles. The SMILES string of the molecule is CC1(NCCc2ccc(O)cc2)N=C(c2cccc(CNc3cccnc3)c2)C=CN1. The van der Waals surface area contributed by atoms with Gasteiger partial charge < -0.3 is 15.7 Å². The average Bonchev–Trinajstić information content (AvgIpc) is 2.80. The highest BCUT2D eigenvalue weighted by atomic mass is 16.3. The van der Waals surface area contributed by atoms with Gasteiger partial charge >= 0.3 is 0 Å². The summed E-state index contributed by atoms with van der Waals surface area (Å²) in [5.41, 5.74) is 5.35. The Hall–Kier alpha value is -3.64. The van der Waals surface area contributed by atoms with Gasteiger partial charge in [0, 0.05) is 37.2 Å². The molecule has 4 N–H and O–H groups in total. The average molecular weight is 414 g/mol. The minimum absolute atomic E-state index is 0.287. The Morgan fingerprint density at radius 2 is 1.90 bits per heavy atom. The van der Waals surface area contributed by atoms with Gasteiger partial charge in [-0.15, -0.1) is 0 Å². The van der Waals surface area contributed by atoms with Gasteiger partial charge in [-0.25, -0.2) is 4.99 Å². The van der Waals surface area contributed by atoms with Crippen LogP contribution in [0.25, 0.3) is 0 Å². The van der Waals surface area contributed by atoms with Crippen molar-refractivity contribution in [3.63, 3.8) is 0 Å². The second kappa shape index (κ2) is 9.45. The van der Waals surface area contributed by atoms with Crippen LogP contribution in [0.2, 0.25) is 0 Å². The fourth-order valence-corrected chi connectivity index (χ4v) is 3.47. The highest BCUT2D eigenvalue weighted by Crippen LogP contribution is 2.16. The molecular formula is C25H27N5O. The molecule has 2 heterocycles. The normalized spacial score (nSPS) is 17.6. The molecular weight excluding hydrogens is 386 g/mol. The van der Waals surface area contributed by atoms with E-state index in [9.17, 15) is 5.11 Å². The summed E-state index contributed by atoms with van der Waals surface area (Å²) < 4.78 is 0. The van der Waals surface area contributed by atoms with E-state index in [0.717, 1.165) is 36.5 Å². The van der Waals surface area contributed by atoms with E-state index in [4.69, 9.17) is 4.99 Å². The molecule has 1 unspecified atom stereocenters. The molecule has 0 radical (unpaired) electrons. The first-order valence-corrected chi connectivity index (χ1v) is 10.4. The lowest BCUT2D eigenvalue weighted by Gasteiger charge is -2.31. The third kappa shape index (κ3) is 5.71. The predicted octanol–water partition coefficient (Wildman–Crippen LogP) is 3.81. The van der Waals surface area contributed by atoms with Crippen LogP contribution in [0.3, 0.4) is 0 Å². The van der Waals surface area contributed by atoms with E-state index < -0.39 is 5.79 Å². The van der Waals surface area contributed by atoms with Crippen LogP contribution in [0.4, 0.5) is 5.69 Å². The van der Waals surface area contributed by atoms with Crippen molar-refractivity contribution in [2.45, 2.75) is 25.7 Å². The van der Waals surface area contributed by atoms with Crippen molar-refractivity contribution < 1.29 is 5.11 Å². The van der Waals surface area contributed by atoms with Crippen molar-refractivity contribution in [3.05, 3.63) is 102 Å². The molecule has 0 amide bonds. The number of nitrogens with one attached hydrogen (secondary N) is 3. The van der Waals surface area contributed by atoms with Gasteiger partial charge in [0.25, 0.3) is 0 Å². The Kier molecular flexibility index (Phi) is 6.29. The predicted molar refractivity (Wildman–Crippen MR) is 125 cm³/mol. The van der Waals surface area contributed by atoms with Gasteiger partial charge in [0.1, 0.15) is 5.75 Å². The fraction of sp³-hybridized carbons (Fsp3) is 0.200. The molecule has 1 atom stereocenters. The zero-order valence-electron chi connectivity index (χ0n) is 17.5. The number of hydrogen-bond donors (Lipinski definition) is 4. The number of hydrogen-bond acceptors (Lipinski definition) is 6. The molecule has 0 fully saturated rings. The first-order chi connectivity index (χ1) is 15.1. The summed E-state index contributed by atoms with van der Waals surface area (Å²) in [5, 5.41) is 19.6. The number of aromatic hydroxyl groups is 1. The minimum atomic E-state index is -0.578. The molecule has 4 rings (SSSR count). The van der Waals surface area contributed by atoms with Gasteiger partial charge in [0.15, 0.2) is 5.79 Å². The van der Waals surface area contributed by atoms with Crippen molar-refractivity contribution in [1.82, 2.24) is 15.6 Å². The van der Waals surface area contributed by atoms with E-state index in [-0.39, 0.29) is 5.75 Å². The molecule has 0 bridgehead atoms. The summed E-state index contributed by atoms with van der Waals surface area (Å²) in [6.45, 7) is 3.51. The Balaban J connectivity index is 1.40. The number of rotatable bonds is 8. The van der Waals surface area contributed by atoms with Crippen LogP contribution in [-0.4, -0.2) is 28.1 Å². The van der Waals surface area contributed by atoms with Crippen LogP contribution in [0.15, 0.2) is 90.3 Å². The molecule has 31 heavy (non-hydrogen) atoms. The summed E-state index contributed by atoms with van der Waals surface area (Å²) in [5.74, 6) is -0.291. The van der Waals surface area contributed by atoms with Crippen molar-refractivity contribution in [2.75, 3.05) is 11.9 Å². The molecule has 1 aliphatic rings. The van der Waals surface area contributed by atoms with E-state index in [1.54, 1.807) is 18.3 Å². The number of anilines is 1. The third-order valence-corrected chi connectivity index (χ3v) is 5.15. The molecule has 3 aromatic rings. The number of phenols is 1. The molecule has 0 saturated heterocycles. The van der Waals surface area contributed by atoms with Crippen LogP contribution in [0, 0.1) is 0 Å². The summed E-state index contributed by atoms with van der Waals surface area (Å²) in [4.78, 5) is 9.06. The number of phenolic OH excluding ortho intramolecular Hbond substituents is 1. The smallest absolute Gasteiger partial charge is 0.182 e. The lowest BCUT2D eigenvalue weighted by Crippen LogP contribution is -2.53. The number of nitrogens with zero attached hydrogens (tertiary/aromatic N) is 2. The maximum absolute atomic E-state index is 9.42. The highest BCUT2D eigenvalue weighted by molar-refractivity contribution is 6.09. The highest BCUT2D eigenvalue weighted by Gasteiger charge is 2.23. The molecule has 0 saturated carbocycles. The quantitative estimate of drug-likeness (QED) is 0.452. The summed E-state index contributed by atoms with van der Waals surface area (Å²) in [6.07, 6.45) is 8.37. The Labute approximate surface area is 182 Å². The molecule has 2 aromatic carbocycles. The number of pyridine rings is 1. The summed E-state index contributed by atoms with van der Waals surface area (Å²) >= 11 is 0. The number of benzene rings is 2. The Morgan fingerprint density at radius 1 is 1.03 bits per heavy atom. The lowest BCUT2D eigenvalue weighted by molar-refractivity contribution is 0.331. The van der Waals surface area contributed by atoms with Crippen LogP contribution < -0.4 is 16.0 Å².